The SMILES string of the molecule is CCn1cc(NC(=O)Cc2ccccc2)c(C(=O)NCc2ccco2)n1. The number of hydrogen-bond acceptors (Lipinski definition) is 4. The van der Waals surface area contributed by atoms with E-state index in [1.165, 1.54) is 0 Å². The van der Waals surface area contributed by atoms with E-state index >= 15 is 0 Å². The molecule has 0 saturated heterocycles. The zero-order chi connectivity index (χ0) is 18.4. The number of nitrogens with zero attached hydrogens (tertiary/aromatic N) is 2. The molecule has 0 unspecified atom stereocenters. The van der Waals surface area contributed by atoms with Gasteiger partial charge in [0.15, 0.2) is 5.69 Å². The predicted molar refractivity (Wildman–Crippen MR) is 96.6 cm³/mol. The highest BCUT2D eigenvalue weighted by molar-refractivity contribution is 6.02. The molecule has 7 nitrogen and oxygen atoms in total. The normalized spacial score (nSPS) is 10.5. The van der Waals surface area contributed by atoms with Gasteiger partial charge in [0.2, 0.25) is 5.91 Å². The Labute approximate surface area is 151 Å². The first-order chi connectivity index (χ1) is 12.7. The molecule has 0 aliphatic rings. The van der Waals surface area contributed by atoms with Gasteiger partial charge in [-0.1, -0.05) is 30.3 Å². The number of aryl methyl sites for hydroxylation is 1. The van der Waals surface area contributed by atoms with Crippen LogP contribution in [0.5, 0.6) is 0 Å². The Morgan fingerprint density at radius 2 is 1.96 bits per heavy atom. The van der Waals surface area contributed by atoms with Crippen molar-refractivity contribution in [2.45, 2.75) is 26.4 Å². The minimum Gasteiger partial charge on any atom is -0.467 e. The van der Waals surface area contributed by atoms with Gasteiger partial charge in [-0.05, 0) is 24.6 Å². The minimum atomic E-state index is -0.372. The Hall–Kier alpha value is -3.35. The van der Waals surface area contributed by atoms with E-state index in [9.17, 15) is 9.59 Å². The van der Waals surface area contributed by atoms with Crippen LogP contribution in [0.3, 0.4) is 0 Å². The molecular formula is C19H20N4O3. The highest BCUT2D eigenvalue weighted by Crippen LogP contribution is 2.15. The molecule has 0 saturated carbocycles. The van der Waals surface area contributed by atoms with Crippen molar-refractivity contribution in [2.75, 3.05) is 5.32 Å². The molecule has 0 bridgehead atoms. The summed E-state index contributed by atoms with van der Waals surface area (Å²) in [6.07, 6.45) is 3.43. The third-order valence-corrected chi connectivity index (χ3v) is 3.79. The van der Waals surface area contributed by atoms with Crippen molar-refractivity contribution in [3.63, 3.8) is 0 Å². The molecule has 0 radical (unpaired) electrons. The van der Waals surface area contributed by atoms with Crippen LogP contribution in [0.4, 0.5) is 5.69 Å². The van der Waals surface area contributed by atoms with Crippen molar-refractivity contribution in [2.24, 2.45) is 0 Å². The molecule has 2 heterocycles. The predicted octanol–water partition coefficient (Wildman–Crippen LogP) is 2.61. The first-order valence-corrected chi connectivity index (χ1v) is 8.37. The number of carbonyl (C=O) groups is 2. The Morgan fingerprint density at radius 3 is 2.65 bits per heavy atom. The molecule has 0 atom stereocenters. The lowest BCUT2D eigenvalue weighted by atomic mass is 10.1. The number of hydrogen-bond donors (Lipinski definition) is 2. The van der Waals surface area contributed by atoms with Crippen molar-refractivity contribution in [1.82, 2.24) is 15.1 Å². The second-order valence-electron chi connectivity index (χ2n) is 5.72. The molecule has 134 valence electrons. The number of rotatable bonds is 7. The lowest BCUT2D eigenvalue weighted by Gasteiger charge is -2.06. The molecule has 2 aromatic heterocycles. The maximum Gasteiger partial charge on any atom is 0.274 e. The van der Waals surface area contributed by atoms with Crippen molar-refractivity contribution in [3.05, 3.63) is 71.9 Å². The van der Waals surface area contributed by atoms with Gasteiger partial charge in [0, 0.05) is 12.7 Å². The van der Waals surface area contributed by atoms with E-state index in [1.54, 1.807) is 29.3 Å². The number of anilines is 1. The first kappa shape index (κ1) is 17.5. The largest absolute Gasteiger partial charge is 0.467 e. The molecule has 0 aliphatic heterocycles. The third-order valence-electron chi connectivity index (χ3n) is 3.79. The topological polar surface area (TPSA) is 89.2 Å². The molecule has 26 heavy (non-hydrogen) atoms. The fourth-order valence-corrected chi connectivity index (χ4v) is 2.48. The van der Waals surface area contributed by atoms with Crippen LogP contribution in [-0.2, 0) is 24.3 Å². The summed E-state index contributed by atoms with van der Waals surface area (Å²) in [5.74, 6) is 0.0680. The average molecular weight is 352 g/mol. The van der Waals surface area contributed by atoms with Gasteiger partial charge >= 0.3 is 0 Å². The smallest absolute Gasteiger partial charge is 0.274 e. The van der Waals surface area contributed by atoms with E-state index < -0.39 is 0 Å². The standard InChI is InChI=1S/C19H20N4O3/c1-2-23-13-16(21-17(24)11-14-7-4-3-5-8-14)18(22-23)19(25)20-12-15-9-6-10-26-15/h3-10,13H,2,11-12H2,1H3,(H,20,25)(H,21,24). The lowest BCUT2D eigenvalue weighted by molar-refractivity contribution is -0.115. The van der Waals surface area contributed by atoms with Crippen molar-refractivity contribution < 1.29 is 14.0 Å². The van der Waals surface area contributed by atoms with Gasteiger partial charge in [0.25, 0.3) is 5.91 Å². The van der Waals surface area contributed by atoms with Gasteiger partial charge < -0.3 is 15.1 Å². The maximum atomic E-state index is 12.4. The second-order valence-corrected chi connectivity index (χ2v) is 5.72. The highest BCUT2D eigenvalue weighted by Gasteiger charge is 2.18. The molecule has 7 heteroatoms. The summed E-state index contributed by atoms with van der Waals surface area (Å²) < 4.78 is 6.81. The zero-order valence-corrected chi connectivity index (χ0v) is 14.4. The first-order valence-electron chi connectivity index (χ1n) is 8.37. The Bertz CT molecular complexity index is 870. The molecule has 2 N–H and O–H groups in total. The molecule has 0 fully saturated rings. The maximum absolute atomic E-state index is 12.4. The fourth-order valence-electron chi connectivity index (χ4n) is 2.48. The van der Waals surface area contributed by atoms with E-state index in [0.29, 0.717) is 18.0 Å². The van der Waals surface area contributed by atoms with Gasteiger partial charge in [-0.25, -0.2) is 0 Å². The number of furan rings is 1. The molecule has 0 aliphatic carbocycles. The summed E-state index contributed by atoms with van der Waals surface area (Å²) in [5, 5.41) is 9.77. The highest BCUT2D eigenvalue weighted by atomic mass is 16.3. The van der Waals surface area contributed by atoms with E-state index in [-0.39, 0.29) is 30.5 Å². The van der Waals surface area contributed by atoms with Crippen LogP contribution in [-0.4, -0.2) is 21.6 Å². The second kappa shape index (κ2) is 8.15. The summed E-state index contributed by atoms with van der Waals surface area (Å²) >= 11 is 0. The van der Waals surface area contributed by atoms with Gasteiger partial charge in [-0.3, -0.25) is 14.3 Å². The van der Waals surface area contributed by atoms with Crippen LogP contribution in [0.2, 0.25) is 0 Å². The monoisotopic (exact) mass is 352 g/mol. The van der Waals surface area contributed by atoms with Gasteiger partial charge in [0.05, 0.1) is 24.9 Å². The third kappa shape index (κ3) is 4.38. The Balaban J connectivity index is 1.69. The Kier molecular flexibility index (Phi) is 5.48. The Morgan fingerprint density at radius 1 is 1.15 bits per heavy atom. The molecule has 3 rings (SSSR count). The lowest BCUT2D eigenvalue weighted by Crippen LogP contribution is -2.25. The van der Waals surface area contributed by atoms with Crippen LogP contribution < -0.4 is 10.6 Å². The van der Waals surface area contributed by atoms with E-state index in [2.05, 4.69) is 15.7 Å². The van der Waals surface area contributed by atoms with Gasteiger partial charge in [-0.15, -0.1) is 0 Å². The molecule has 2 amide bonds. The number of benzene rings is 1. The van der Waals surface area contributed by atoms with E-state index in [1.807, 2.05) is 37.3 Å². The van der Waals surface area contributed by atoms with Crippen LogP contribution in [0.25, 0.3) is 0 Å². The quantitative estimate of drug-likeness (QED) is 0.684. The van der Waals surface area contributed by atoms with E-state index in [0.717, 1.165) is 5.56 Å². The fraction of sp³-hybridized carbons (Fsp3) is 0.211. The molecule has 3 aromatic rings. The van der Waals surface area contributed by atoms with Crippen molar-refractivity contribution >= 4 is 17.5 Å². The number of carbonyl (C=O) groups excluding carboxylic acids is 2. The molecular weight excluding hydrogens is 332 g/mol. The van der Waals surface area contributed by atoms with Crippen LogP contribution in [0, 0.1) is 0 Å². The number of aromatic nitrogens is 2. The van der Waals surface area contributed by atoms with Crippen molar-refractivity contribution in [3.8, 4) is 0 Å². The van der Waals surface area contributed by atoms with Crippen LogP contribution in [0.15, 0.2) is 59.3 Å². The van der Waals surface area contributed by atoms with Gasteiger partial charge in [-0.2, -0.15) is 5.10 Å². The summed E-state index contributed by atoms with van der Waals surface area (Å²) in [5.41, 5.74) is 1.47. The minimum absolute atomic E-state index is 0.180. The summed E-state index contributed by atoms with van der Waals surface area (Å²) in [4.78, 5) is 24.8. The van der Waals surface area contributed by atoms with E-state index in [4.69, 9.17) is 4.42 Å². The summed E-state index contributed by atoms with van der Waals surface area (Å²) in [7, 11) is 0. The number of amides is 2. The summed E-state index contributed by atoms with van der Waals surface area (Å²) in [6.45, 7) is 2.75. The zero-order valence-electron chi connectivity index (χ0n) is 14.4. The number of nitrogens with one attached hydrogen (secondary N) is 2. The van der Waals surface area contributed by atoms with Crippen LogP contribution >= 0.6 is 0 Å². The molecule has 0 spiro atoms. The summed E-state index contributed by atoms with van der Waals surface area (Å²) in [6, 6.07) is 12.9. The average Bonchev–Trinajstić information content (AvgIpc) is 3.30. The van der Waals surface area contributed by atoms with Gasteiger partial charge in [0.1, 0.15) is 5.76 Å². The van der Waals surface area contributed by atoms with Crippen LogP contribution in [0.1, 0.15) is 28.7 Å². The molecule has 1 aromatic carbocycles. The van der Waals surface area contributed by atoms with Crippen molar-refractivity contribution in [1.29, 1.82) is 0 Å².